The van der Waals surface area contributed by atoms with E-state index in [0.29, 0.717) is 6.54 Å². The molecular weight excluding hydrogens is 292 g/mol. The lowest BCUT2D eigenvalue weighted by atomic mass is 10.2. The number of anilines is 1. The van der Waals surface area contributed by atoms with Crippen LogP contribution in [-0.2, 0) is 19.6 Å². The van der Waals surface area contributed by atoms with Gasteiger partial charge in [-0.2, -0.15) is 0 Å². The molecule has 1 amide bonds. The van der Waals surface area contributed by atoms with E-state index in [4.69, 9.17) is 4.74 Å². The van der Waals surface area contributed by atoms with Crippen molar-refractivity contribution in [2.75, 3.05) is 30.3 Å². The Morgan fingerprint density at radius 2 is 2.00 bits per heavy atom. The summed E-state index contributed by atoms with van der Waals surface area (Å²) in [4.78, 5) is 13.6. The summed E-state index contributed by atoms with van der Waals surface area (Å²) >= 11 is 0. The van der Waals surface area contributed by atoms with Gasteiger partial charge in [-0.05, 0) is 26.0 Å². The summed E-state index contributed by atoms with van der Waals surface area (Å²) in [5.74, 6) is -0.0891. The number of aryl methyl sites for hydroxylation is 1. The Balaban J connectivity index is 2.02. The molecule has 1 atom stereocenters. The van der Waals surface area contributed by atoms with Gasteiger partial charge >= 0.3 is 0 Å². The van der Waals surface area contributed by atoms with Crippen LogP contribution < -0.4 is 9.62 Å². The van der Waals surface area contributed by atoms with Gasteiger partial charge in [0, 0.05) is 12.2 Å². The summed E-state index contributed by atoms with van der Waals surface area (Å²) in [5, 5.41) is 0. The maximum Gasteiger partial charge on any atom is 0.253 e. The van der Waals surface area contributed by atoms with E-state index < -0.39 is 10.0 Å². The minimum Gasteiger partial charge on any atom is -0.365 e. The average molecular weight is 312 g/mol. The van der Waals surface area contributed by atoms with Gasteiger partial charge in [0.1, 0.15) is 6.61 Å². The van der Waals surface area contributed by atoms with Crippen LogP contribution in [-0.4, -0.2) is 45.9 Å². The van der Waals surface area contributed by atoms with Gasteiger partial charge in [0.15, 0.2) is 0 Å². The third-order valence-corrected chi connectivity index (χ3v) is 4.75. The predicted molar refractivity (Wildman–Crippen MR) is 80.7 cm³/mol. The number of rotatable bonds is 5. The van der Waals surface area contributed by atoms with Gasteiger partial charge < -0.3 is 9.64 Å². The number of carbonyl (C=O) groups is 1. The standard InChI is InChI=1S/C14H20N2O4S/c1-3-21(18,19)15-8-13-9-16(14(17)10-20-13)12-6-4-11(2)5-7-12/h4-7,13,15H,3,8-10H2,1-2H3. The number of ether oxygens (including phenoxy) is 1. The molecule has 1 saturated heterocycles. The number of sulfonamides is 1. The molecule has 7 heteroatoms. The van der Waals surface area contributed by atoms with Crippen molar-refractivity contribution in [3.05, 3.63) is 29.8 Å². The highest BCUT2D eigenvalue weighted by molar-refractivity contribution is 7.89. The maximum absolute atomic E-state index is 11.9. The fourth-order valence-electron chi connectivity index (χ4n) is 2.04. The minimum absolute atomic E-state index is 0.0281. The fourth-order valence-corrected chi connectivity index (χ4v) is 2.69. The molecule has 1 N–H and O–H groups in total. The van der Waals surface area contributed by atoms with E-state index in [1.807, 2.05) is 31.2 Å². The van der Waals surface area contributed by atoms with Gasteiger partial charge in [0.25, 0.3) is 5.91 Å². The van der Waals surface area contributed by atoms with Crippen molar-refractivity contribution in [1.82, 2.24) is 4.72 Å². The smallest absolute Gasteiger partial charge is 0.253 e. The summed E-state index contributed by atoms with van der Waals surface area (Å²) in [6.07, 6.45) is -0.342. The van der Waals surface area contributed by atoms with Crippen LogP contribution in [0.15, 0.2) is 24.3 Å². The van der Waals surface area contributed by atoms with Gasteiger partial charge in [-0.1, -0.05) is 17.7 Å². The Morgan fingerprint density at radius 3 is 2.62 bits per heavy atom. The van der Waals surface area contributed by atoms with Crippen molar-refractivity contribution in [2.45, 2.75) is 20.0 Å². The van der Waals surface area contributed by atoms with E-state index in [9.17, 15) is 13.2 Å². The molecule has 0 radical (unpaired) electrons. The number of carbonyl (C=O) groups excluding carboxylic acids is 1. The average Bonchev–Trinajstić information content (AvgIpc) is 2.47. The molecule has 2 rings (SSSR count). The lowest BCUT2D eigenvalue weighted by Gasteiger charge is -2.32. The van der Waals surface area contributed by atoms with Crippen molar-refractivity contribution >= 4 is 21.6 Å². The third-order valence-electron chi connectivity index (χ3n) is 3.39. The first-order chi connectivity index (χ1) is 9.91. The molecule has 0 aliphatic carbocycles. The molecule has 0 saturated carbocycles. The SMILES string of the molecule is CCS(=O)(=O)NCC1CN(c2ccc(C)cc2)C(=O)CO1. The monoisotopic (exact) mass is 312 g/mol. The first-order valence-corrected chi connectivity index (χ1v) is 8.52. The van der Waals surface area contributed by atoms with Crippen molar-refractivity contribution in [3.63, 3.8) is 0 Å². The van der Waals surface area contributed by atoms with Crippen LogP contribution in [0.25, 0.3) is 0 Å². The fraction of sp³-hybridized carbons (Fsp3) is 0.500. The Kier molecular flexibility index (Phi) is 4.97. The number of morpholine rings is 1. The normalized spacial score (nSPS) is 19.8. The first-order valence-electron chi connectivity index (χ1n) is 6.87. The second-order valence-corrected chi connectivity index (χ2v) is 7.12. The number of nitrogens with one attached hydrogen (secondary N) is 1. The van der Waals surface area contributed by atoms with E-state index in [2.05, 4.69) is 4.72 Å². The number of hydrogen-bond donors (Lipinski definition) is 1. The molecule has 21 heavy (non-hydrogen) atoms. The summed E-state index contributed by atoms with van der Waals surface area (Å²) < 4.78 is 30.8. The molecule has 6 nitrogen and oxygen atoms in total. The van der Waals surface area contributed by atoms with Crippen molar-refractivity contribution < 1.29 is 17.9 Å². The topological polar surface area (TPSA) is 75.7 Å². The van der Waals surface area contributed by atoms with E-state index in [1.54, 1.807) is 11.8 Å². The molecule has 1 aliphatic heterocycles. The highest BCUT2D eigenvalue weighted by Gasteiger charge is 2.28. The largest absolute Gasteiger partial charge is 0.365 e. The highest BCUT2D eigenvalue weighted by atomic mass is 32.2. The van der Waals surface area contributed by atoms with E-state index in [0.717, 1.165) is 11.3 Å². The molecule has 0 spiro atoms. The highest BCUT2D eigenvalue weighted by Crippen LogP contribution is 2.19. The van der Waals surface area contributed by atoms with Gasteiger partial charge in [-0.3, -0.25) is 4.79 Å². The molecule has 1 fully saturated rings. The Labute approximate surface area is 125 Å². The molecule has 116 valence electrons. The minimum atomic E-state index is -3.25. The molecule has 1 unspecified atom stereocenters. The second-order valence-electron chi connectivity index (χ2n) is 5.02. The molecular formula is C14H20N2O4S. The van der Waals surface area contributed by atoms with Crippen LogP contribution in [0.4, 0.5) is 5.69 Å². The van der Waals surface area contributed by atoms with Gasteiger partial charge in [0.2, 0.25) is 10.0 Å². The van der Waals surface area contributed by atoms with Crippen LogP contribution in [0.5, 0.6) is 0 Å². The lowest BCUT2D eigenvalue weighted by Crippen LogP contribution is -2.50. The zero-order chi connectivity index (χ0) is 15.5. The predicted octanol–water partition coefficient (Wildman–Crippen LogP) is 0.666. The number of hydrogen-bond acceptors (Lipinski definition) is 4. The Hall–Kier alpha value is -1.44. The number of amides is 1. The van der Waals surface area contributed by atoms with E-state index in [1.165, 1.54) is 0 Å². The van der Waals surface area contributed by atoms with Gasteiger partial charge in [0.05, 0.1) is 18.4 Å². The maximum atomic E-state index is 11.9. The van der Waals surface area contributed by atoms with Gasteiger partial charge in [-0.25, -0.2) is 13.1 Å². The molecule has 1 aliphatic rings. The van der Waals surface area contributed by atoms with Crippen molar-refractivity contribution in [3.8, 4) is 0 Å². The van der Waals surface area contributed by atoms with E-state index >= 15 is 0 Å². The lowest BCUT2D eigenvalue weighted by molar-refractivity contribution is -0.129. The quantitative estimate of drug-likeness (QED) is 0.867. The van der Waals surface area contributed by atoms with Crippen LogP contribution in [0.1, 0.15) is 12.5 Å². The van der Waals surface area contributed by atoms with Crippen LogP contribution >= 0.6 is 0 Å². The van der Waals surface area contributed by atoms with Crippen molar-refractivity contribution in [2.24, 2.45) is 0 Å². The second kappa shape index (κ2) is 6.55. The number of nitrogens with zero attached hydrogens (tertiary/aromatic N) is 1. The first kappa shape index (κ1) is 15.9. The molecule has 0 bridgehead atoms. The van der Waals surface area contributed by atoms with Gasteiger partial charge in [-0.15, -0.1) is 0 Å². The Morgan fingerprint density at radius 1 is 1.33 bits per heavy atom. The zero-order valence-corrected chi connectivity index (χ0v) is 13.0. The van der Waals surface area contributed by atoms with E-state index in [-0.39, 0.29) is 30.9 Å². The zero-order valence-electron chi connectivity index (χ0n) is 12.2. The van der Waals surface area contributed by atoms with Crippen LogP contribution in [0.2, 0.25) is 0 Å². The summed E-state index contributed by atoms with van der Waals surface area (Å²) in [5.41, 5.74) is 1.92. The summed E-state index contributed by atoms with van der Waals surface area (Å²) in [6, 6.07) is 7.64. The van der Waals surface area contributed by atoms with Crippen molar-refractivity contribution in [1.29, 1.82) is 0 Å². The number of benzene rings is 1. The molecule has 1 aromatic rings. The molecule has 0 aromatic heterocycles. The third kappa shape index (κ3) is 4.26. The molecule has 1 heterocycles. The van der Waals surface area contributed by atoms with Crippen LogP contribution in [0, 0.1) is 6.92 Å². The van der Waals surface area contributed by atoms with Crippen LogP contribution in [0.3, 0.4) is 0 Å². The summed E-state index contributed by atoms with van der Waals surface area (Å²) in [6.45, 7) is 4.03. The summed E-state index contributed by atoms with van der Waals surface area (Å²) in [7, 11) is -3.25. The Bertz CT molecular complexity index is 598. The molecule has 1 aromatic carbocycles.